The van der Waals surface area contributed by atoms with Crippen LogP contribution < -0.4 is 5.32 Å². The minimum atomic E-state index is 0.885. The lowest BCUT2D eigenvalue weighted by Gasteiger charge is -2.06. The first-order chi connectivity index (χ1) is 10.3. The van der Waals surface area contributed by atoms with Gasteiger partial charge in [-0.2, -0.15) is 0 Å². The molecule has 21 heavy (non-hydrogen) atoms. The van der Waals surface area contributed by atoms with Crippen LogP contribution in [0, 0.1) is 13.8 Å². The average Bonchev–Trinajstić information content (AvgIpc) is 3.15. The quantitative estimate of drug-likeness (QED) is 0.683. The molecule has 0 aliphatic rings. The van der Waals surface area contributed by atoms with Crippen molar-refractivity contribution in [1.82, 2.24) is 24.3 Å². The van der Waals surface area contributed by atoms with Crippen LogP contribution in [-0.4, -0.2) is 25.5 Å². The maximum Gasteiger partial charge on any atom is 0.194 e. The minimum absolute atomic E-state index is 0.885. The number of thiazole rings is 1. The Labute approximate surface area is 128 Å². The van der Waals surface area contributed by atoms with E-state index >= 15 is 0 Å². The third-order valence-electron chi connectivity index (χ3n) is 3.70. The molecular weight excluding hydrogens is 282 g/mol. The van der Waals surface area contributed by atoms with Gasteiger partial charge in [-0.1, -0.05) is 0 Å². The summed E-state index contributed by atoms with van der Waals surface area (Å²) >= 11 is 1.71. The van der Waals surface area contributed by atoms with Crippen molar-refractivity contribution >= 4 is 16.3 Å². The molecule has 0 saturated heterocycles. The number of hydrogen-bond donors (Lipinski definition) is 1. The fourth-order valence-electron chi connectivity index (χ4n) is 2.55. The standard InChI is InChI=1S/C15H21N5S/c1-12-10-21-15-18-13(2)14(20(12)15)9-16-5-3-4-7-19-8-6-17-11-19/h6,8,10-11,16H,3-5,7,9H2,1-2H3. The molecule has 3 aromatic rings. The predicted octanol–water partition coefficient (Wildman–Crippen LogP) is 2.78. The van der Waals surface area contributed by atoms with Gasteiger partial charge in [-0.3, -0.25) is 4.40 Å². The van der Waals surface area contributed by atoms with E-state index in [4.69, 9.17) is 0 Å². The topological polar surface area (TPSA) is 47.1 Å². The van der Waals surface area contributed by atoms with E-state index in [1.807, 2.05) is 18.7 Å². The van der Waals surface area contributed by atoms with Gasteiger partial charge in [0, 0.05) is 36.6 Å². The molecule has 0 aliphatic heterocycles. The monoisotopic (exact) mass is 303 g/mol. The first kappa shape index (κ1) is 14.3. The van der Waals surface area contributed by atoms with Crippen molar-refractivity contribution in [2.75, 3.05) is 6.54 Å². The Balaban J connectivity index is 1.46. The van der Waals surface area contributed by atoms with E-state index in [2.05, 4.69) is 43.5 Å². The average molecular weight is 303 g/mol. The van der Waals surface area contributed by atoms with Gasteiger partial charge < -0.3 is 9.88 Å². The molecular formula is C15H21N5S. The maximum atomic E-state index is 4.61. The molecule has 0 aliphatic carbocycles. The number of fused-ring (bicyclic) bond motifs is 1. The molecule has 0 spiro atoms. The van der Waals surface area contributed by atoms with Crippen molar-refractivity contribution in [2.24, 2.45) is 0 Å². The number of imidazole rings is 2. The van der Waals surface area contributed by atoms with Gasteiger partial charge in [-0.25, -0.2) is 9.97 Å². The SMILES string of the molecule is Cc1nc2scc(C)n2c1CNCCCCn1ccnc1. The van der Waals surface area contributed by atoms with Crippen LogP contribution in [0.25, 0.3) is 4.96 Å². The van der Waals surface area contributed by atoms with Crippen LogP contribution in [0.5, 0.6) is 0 Å². The van der Waals surface area contributed by atoms with Crippen molar-refractivity contribution in [3.8, 4) is 0 Å². The van der Waals surface area contributed by atoms with Gasteiger partial charge in [0.2, 0.25) is 0 Å². The Kier molecular flexibility index (Phi) is 4.36. The second-order valence-corrected chi connectivity index (χ2v) is 6.16. The fraction of sp³-hybridized carbons (Fsp3) is 0.467. The molecule has 3 aromatic heterocycles. The molecule has 0 amide bonds. The van der Waals surface area contributed by atoms with Gasteiger partial charge in [-0.05, 0) is 33.2 Å². The number of nitrogens with zero attached hydrogens (tertiary/aromatic N) is 4. The summed E-state index contributed by atoms with van der Waals surface area (Å²) in [7, 11) is 0. The molecule has 0 atom stereocenters. The summed E-state index contributed by atoms with van der Waals surface area (Å²) in [6.07, 6.45) is 8.05. The molecule has 0 bridgehead atoms. The number of unbranched alkanes of at least 4 members (excludes halogenated alkanes) is 1. The maximum absolute atomic E-state index is 4.61. The molecule has 112 valence electrons. The van der Waals surface area contributed by atoms with Crippen molar-refractivity contribution < 1.29 is 0 Å². The van der Waals surface area contributed by atoms with Crippen LogP contribution in [0.1, 0.15) is 29.9 Å². The highest BCUT2D eigenvalue weighted by atomic mass is 32.1. The minimum Gasteiger partial charge on any atom is -0.337 e. The van der Waals surface area contributed by atoms with Gasteiger partial charge in [-0.15, -0.1) is 11.3 Å². The van der Waals surface area contributed by atoms with Crippen molar-refractivity contribution in [3.63, 3.8) is 0 Å². The van der Waals surface area contributed by atoms with Crippen LogP contribution in [0.4, 0.5) is 0 Å². The molecule has 3 rings (SSSR count). The van der Waals surface area contributed by atoms with Gasteiger partial charge >= 0.3 is 0 Å². The fourth-order valence-corrected chi connectivity index (χ4v) is 3.48. The summed E-state index contributed by atoms with van der Waals surface area (Å²) in [5, 5.41) is 5.70. The van der Waals surface area contributed by atoms with E-state index in [9.17, 15) is 0 Å². The predicted molar refractivity (Wildman–Crippen MR) is 85.7 cm³/mol. The smallest absolute Gasteiger partial charge is 0.194 e. The van der Waals surface area contributed by atoms with Crippen LogP contribution in [0.15, 0.2) is 24.1 Å². The molecule has 3 heterocycles. The van der Waals surface area contributed by atoms with Gasteiger partial charge in [0.25, 0.3) is 0 Å². The second kappa shape index (κ2) is 6.41. The summed E-state index contributed by atoms with van der Waals surface area (Å²) in [5.41, 5.74) is 3.70. The van der Waals surface area contributed by atoms with E-state index in [0.29, 0.717) is 0 Å². The van der Waals surface area contributed by atoms with Gasteiger partial charge in [0.1, 0.15) is 0 Å². The second-order valence-electron chi connectivity index (χ2n) is 5.32. The first-order valence-electron chi connectivity index (χ1n) is 7.34. The zero-order valence-electron chi connectivity index (χ0n) is 12.5. The van der Waals surface area contributed by atoms with Gasteiger partial charge in [0.15, 0.2) is 4.96 Å². The molecule has 0 unspecified atom stereocenters. The highest BCUT2D eigenvalue weighted by Crippen LogP contribution is 2.20. The van der Waals surface area contributed by atoms with Crippen LogP contribution in [0.3, 0.4) is 0 Å². The Morgan fingerprint density at radius 2 is 2.19 bits per heavy atom. The van der Waals surface area contributed by atoms with E-state index in [0.717, 1.165) is 30.3 Å². The number of hydrogen-bond acceptors (Lipinski definition) is 4. The molecule has 0 saturated carbocycles. The van der Waals surface area contributed by atoms with E-state index in [1.165, 1.54) is 24.2 Å². The Hall–Kier alpha value is -1.66. The van der Waals surface area contributed by atoms with Crippen LogP contribution in [0.2, 0.25) is 0 Å². The van der Waals surface area contributed by atoms with E-state index < -0.39 is 0 Å². The highest BCUT2D eigenvalue weighted by Gasteiger charge is 2.11. The highest BCUT2D eigenvalue weighted by molar-refractivity contribution is 7.15. The zero-order valence-corrected chi connectivity index (χ0v) is 13.4. The molecule has 0 aromatic carbocycles. The van der Waals surface area contributed by atoms with E-state index in [-0.39, 0.29) is 0 Å². The van der Waals surface area contributed by atoms with Crippen LogP contribution >= 0.6 is 11.3 Å². The summed E-state index contributed by atoms with van der Waals surface area (Å²) in [4.78, 5) is 9.76. The molecule has 1 N–H and O–H groups in total. The Bertz CT molecular complexity index is 695. The molecule has 0 fully saturated rings. The van der Waals surface area contributed by atoms with E-state index in [1.54, 1.807) is 11.3 Å². The van der Waals surface area contributed by atoms with Crippen LogP contribution in [-0.2, 0) is 13.1 Å². The number of aromatic nitrogens is 4. The van der Waals surface area contributed by atoms with Crippen molar-refractivity contribution in [3.05, 3.63) is 41.2 Å². The molecule has 0 radical (unpaired) electrons. The molecule has 6 heteroatoms. The Morgan fingerprint density at radius 1 is 1.29 bits per heavy atom. The third-order valence-corrected chi connectivity index (χ3v) is 4.64. The first-order valence-corrected chi connectivity index (χ1v) is 8.22. The number of rotatable bonds is 7. The largest absolute Gasteiger partial charge is 0.337 e. The molecule has 5 nitrogen and oxygen atoms in total. The number of nitrogens with one attached hydrogen (secondary N) is 1. The zero-order chi connectivity index (χ0) is 14.7. The van der Waals surface area contributed by atoms with Gasteiger partial charge in [0.05, 0.1) is 17.7 Å². The summed E-state index contributed by atoms with van der Waals surface area (Å²) in [5.74, 6) is 0. The Morgan fingerprint density at radius 3 is 3.00 bits per heavy atom. The summed E-state index contributed by atoms with van der Waals surface area (Å²) in [6.45, 7) is 7.19. The summed E-state index contributed by atoms with van der Waals surface area (Å²) in [6, 6.07) is 0. The summed E-state index contributed by atoms with van der Waals surface area (Å²) < 4.78 is 4.39. The lowest BCUT2D eigenvalue weighted by molar-refractivity contribution is 0.563. The normalized spacial score (nSPS) is 11.5. The van der Waals surface area contributed by atoms with Crippen molar-refractivity contribution in [2.45, 2.75) is 39.8 Å². The third kappa shape index (κ3) is 3.16. The lowest BCUT2D eigenvalue weighted by Crippen LogP contribution is -2.17. The number of aryl methyl sites for hydroxylation is 3. The van der Waals surface area contributed by atoms with Crippen molar-refractivity contribution in [1.29, 1.82) is 0 Å². The lowest BCUT2D eigenvalue weighted by atomic mass is 10.3.